The summed E-state index contributed by atoms with van der Waals surface area (Å²) < 4.78 is 6.24. The van der Waals surface area contributed by atoms with Gasteiger partial charge in [-0.3, -0.25) is 9.98 Å². The maximum absolute atomic E-state index is 6.24. The third-order valence-corrected chi connectivity index (χ3v) is 6.58. The largest absolute Gasteiger partial charge is 0.436 e. The van der Waals surface area contributed by atoms with E-state index in [1.165, 1.54) is 11.1 Å². The molecule has 5 rings (SSSR count). The van der Waals surface area contributed by atoms with Crippen LogP contribution in [0.2, 0.25) is 0 Å². The van der Waals surface area contributed by atoms with Crippen LogP contribution in [0.1, 0.15) is 58.2 Å². The predicted octanol–water partition coefficient (Wildman–Crippen LogP) is 8.90. The Morgan fingerprint density at radius 2 is 1.38 bits per heavy atom. The Hall–Kier alpha value is -4.05. The zero-order valence-electron chi connectivity index (χ0n) is 22.4. The lowest BCUT2D eigenvalue weighted by Crippen LogP contribution is -2.17. The number of hydrogen-bond donors (Lipinski definition) is 0. The van der Waals surface area contributed by atoms with Crippen molar-refractivity contribution in [2.24, 2.45) is 4.99 Å². The van der Waals surface area contributed by atoms with Crippen LogP contribution in [-0.4, -0.2) is 16.2 Å². The normalized spacial score (nSPS) is 12.5. The molecule has 4 nitrogen and oxygen atoms in total. The number of rotatable bonds is 4. The van der Waals surface area contributed by atoms with Crippen LogP contribution in [0.25, 0.3) is 33.7 Å². The van der Waals surface area contributed by atoms with Crippen LogP contribution in [0.15, 0.2) is 94.6 Å². The molecule has 0 aliphatic carbocycles. The zero-order valence-corrected chi connectivity index (χ0v) is 22.4. The van der Waals surface area contributed by atoms with Crippen molar-refractivity contribution in [3.63, 3.8) is 0 Å². The quantitative estimate of drug-likeness (QED) is 0.238. The van der Waals surface area contributed by atoms with Gasteiger partial charge in [-0.05, 0) is 75.5 Å². The maximum atomic E-state index is 6.24. The summed E-state index contributed by atoms with van der Waals surface area (Å²) >= 11 is 0. The number of nitrogens with zero attached hydrogens (tertiary/aromatic N) is 3. The molecule has 0 unspecified atom stereocenters. The van der Waals surface area contributed by atoms with Gasteiger partial charge in [-0.25, -0.2) is 4.98 Å². The topological polar surface area (TPSA) is 51.3 Å². The van der Waals surface area contributed by atoms with E-state index in [0.717, 1.165) is 39.0 Å². The summed E-state index contributed by atoms with van der Waals surface area (Å²) in [6.07, 6.45) is 5.53. The Balaban J connectivity index is 1.56. The molecule has 2 heterocycles. The van der Waals surface area contributed by atoms with Gasteiger partial charge >= 0.3 is 0 Å². The molecule has 0 radical (unpaired) electrons. The summed E-state index contributed by atoms with van der Waals surface area (Å²) in [5.74, 6) is 0.558. The number of hydrogen-bond acceptors (Lipinski definition) is 4. The third kappa shape index (κ3) is 5.24. The predicted molar refractivity (Wildman–Crippen MR) is 154 cm³/mol. The second-order valence-electron chi connectivity index (χ2n) is 11.5. The van der Waals surface area contributed by atoms with Gasteiger partial charge in [0.25, 0.3) is 0 Å². The lowest BCUT2D eigenvalue weighted by Gasteiger charge is -2.25. The summed E-state index contributed by atoms with van der Waals surface area (Å²) in [6, 6.07) is 24.8. The second kappa shape index (κ2) is 9.44. The van der Waals surface area contributed by atoms with Crippen molar-refractivity contribution in [3.8, 4) is 22.6 Å². The first kappa shape index (κ1) is 24.6. The fraction of sp³-hybridized carbons (Fsp3) is 0.242. The van der Waals surface area contributed by atoms with Gasteiger partial charge in [-0.15, -0.1) is 0 Å². The van der Waals surface area contributed by atoms with Gasteiger partial charge in [0.15, 0.2) is 5.58 Å². The number of benzene rings is 3. The van der Waals surface area contributed by atoms with E-state index in [0.29, 0.717) is 5.89 Å². The van der Waals surface area contributed by atoms with Crippen molar-refractivity contribution in [1.82, 2.24) is 9.97 Å². The molecule has 0 atom stereocenters. The van der Waals surface area contributed by atoms with Gasteiger partial charge in [0.05, 0.1) is 11.3 Å². The van der Waals surface area contributed by atoms with Crippen molar-refractivity contribution in [3.05, 3.63) is 102 Å². The Labute approximate surface area is 219 Å². The third-order valence-electron chi connectivity index (χ3n) is 6.58. The zero-order chi connectivity index (χ0) is 26.2. The van der Waals surface area contributed by atoms with Gasteiger partial charge in [0, 0.05) is 24.2 Å². The van der Waals surface area contributed by atoms with Crippen LogP contribution < -0.4 is 0 Å². The van der Waals surface area contributed by atoms with Crippen molar-refractivity contribution < 1.29 is 4.42 Å². The van der Waals surface area contributed by atoms with E-state index in [1.807, 2.05) is 54.7 Å². The highest BCUT2D eigenvalue weighted by atomic mass is 16.3. The lowest BCUT2D eigenvalue weighted by molar-refractivity contribution is 0.568. The summed E-state index contributed by atoms with van der Waals surface area (Å²) in [6.45, 7) is 13.5. The first-order valence-electron chi connectivity index (χ1n) is 12.7. The number of fused-ring (bicyclic) bond motifs is 1. The molecule has 2 aromatic heterocycles. The summed E-state index contributed by atoms with van der Waals surface area (Å²) in [5, 5.41) is 0. The molecule has 0 saturated carbocycles. The molecule has 0 amide bonds. The van der Waals surface area contributed by atoms with Crippen molar-refractivity contribution >= 4 is 23.0 Å². The Kier molecular flexibility index (Phi) is 6.28. The molecule has 0 N–H and O–H groups in total. The number of oxazole rings is 1. The highest BCUT2D eigenvalue weighted by Gasteiger charge is 2.20. The van der Waals surface area contributed by atoms with Crippen LogP contribution in [-0.2, 0) is 10.8 Å². The molecule has 0 fully saturated rings. The number of pyridine rings is 1. The summed E-state index contributed by atoms with van der Waals surface area (Å²) in [7, 11) is 0. The maximum Gasteiger partial charge on any atom is 0.229 e. The van der Waals surface area contributed by atoms with Gasteiger partial charge in [0.2, 0.25) is 5.89 Å². The monoisotopic (exact) mass is 487 g/mol. The van der Waals surface area contributed by atoms with E-state index < -0.39 is 0 Å². The highest BCUT2D eigenvalue weighted by Crippen LogP contribution is 2.36. The molecule has 0 aliphatic heterocycles. The number of para-hydroxylation sites is 2. The van der Waals surface area contributed by atoms with E-state index in [2.05, 4.69) is 70.8 Å². The smallest absolute Gasteiger partial charge is 0.229 e. The van der Waals surface area contributed by atoms with Crippen molar-refractivity contribution in [2.75, 3.05) is 0 Å². The molecule has 0 bridgehead atoms. The summed E-state index contributed by atoms with van der Waals surface area (Å²) in [4.78, 5) is 14.0. The van der Waals surface area contributed by atoms with E-state index in [9.17, 15) is 0 Å². The van der Waals surface area contributed by atoms with Gasteiger partial charge < -0.3 is 4.42 Å². The van der Waals surface area contributed by atoms with Crippen molar-refractivity contribution in [1.29, 1.82) is 0 Å². The van der Waals surface area contributed by atoms with Crippen LogP contribution in [0.5, 0.6) is 0 Å². The standard InChI is InChI=1S/C33H33N3O/c1-32(2,3)24-18-22(19-25(20-24)33(4,5)6)21-35-28-12-8-7-10-27(28)31-36-30-26(11-9-13-29(30)37-31)23-14-16-34-17-15-23/h7-21H,1-6H3. The first-order valence-corrected chi connectivity index (χ1v) is 12.7. The van der Waals surface area contributed by atoms with E-state index in [4.69, 9.17) is 14.4 Å². The molecule has 37 heavy (non-hydrogen) atoms. The molecule has 0 aliphatic rings. The van der Waals surface area contributed by atoms with Crippen LogP contribution in [0.4, 0.5) is 5.69 Å². The highest BCUT2D eigenvalue weighted by molar-refractivity contribution is 5.93. The molecule has 4 heteroatoms. The van der Waals surface area contributed by atoms with Crippen LogP contribution >= 0.6 is 0 Å². The molecule has 0 saturated heterocycles. The molecular weight excluding hydrogens is 454 g/mol. The minimum atomic E-state index is 0.0481. The Morgan fingerprint density at radius 1 is 0.730 bits per heavy atom. The lowest BCUT2D eigenvalue weighted by atomic mass is 9.79. The number of aromatic nitrogens is 2. The fourth-order valence-corrected chi connectivity index (χ4v) is 4.33. The van der Waals surface area contributed by atoms with Crippen LogP contribution in [0.3, 0.4) is 0 Å². The van der Waals surface area contributed by atoms with Gasteiger partial charge in [-0.1, -0.05) is 71.9 Å². The molecule has 186 valence electrons. The SMILES string of the molecule is CC(C)(C)c1cc(C=Nc2ccccc2-c2nc3c(-c4ccncc4)cccc3o2)cc(C(C)(C)C)c1. The Bertz CT molecular complexity index is 1550. The second-order valence-corrected chi connectivity index (χ2v) is 11.5. The molecule has 0 spiro atoms. The summed E-state index contributed by atoms with van der Waals surface area (Å²) in [5.41, 5.74) is 9.12. The molecular formula is C33H33N3O. The fourth-order valence-electron chi connectivity index (χ4n) is 4.33. The number of aliphatic imine (C=N–C) groups is 1. The minimum absolute atomic E-state index is 0.0481. The molecule has 3 aromatic carbocycles. The van der Waals surface area contributed by atoms with Gasteiger partial charge in [0.1, 0.15) is 5.52 Å². The Morgan fingerprint density at radius 3 is 2.05 bits per heavy atom. The first-order chi connectivity index (χ1) is 17.6. The van der Waals surface area contributed by atoms with E-state index in [-0.39, 0.29) is 10.8 Å². The van der Waals surface area contributed by atoms with E-state index in [1.54, 1.807) is 12.4 Å². The average Bonchev–Trinajstić information content (AvgIpc) is 3.31. The van der Waals surface area contributed by atoms with Crippen molar-refractivity contribution in [2.45, 2.75) is 52.4 Å². The van der Waals surface area contributed by atoms with Crippen LogP contribution in [0, 0.1) is 0 Å². The van der Waals surface area contributed by atoms with E-state index >= 15 is 0 Å². The molecule has 5 aromatic rings. The van der Waals surface area contributed by atoms with Gasteiger partial charge in [-0.2, -0.15) is 0 Å². The minimum Gasteiger partial charge on any atom is -0.436 e. The average molecular weight is 488 g/mol.